The highest BCUT2D eigenvalue weighted by molar-refractivity contribution is 7.99. The molecule has 0 unspecified atom stereocenters. The molecule has 0 atom stereocenters. The molecular weight excluding hydrogens is 422 g/mol. The fourth-order valence-corrected chi connectivity index (χ4v) is 4.62. The molecule has 166 valence electrons. The van der Waals surface area contributed by atoms with Gasteiger partial charge in [-0.05, 0) is 48.9 Å². The molecule has 8 heteroatoms. The molecule has 0 bridgehead atoms. The van der Waals surface area contributed by atoms with E-state index in [0.717, 1.165) is 32.4 Å². The quantitative estimate of drug-likeness (QED) is 0.557. The minimum Gasteiger partial charge on any atom is -0.339 e. The van der Waals surface area contributed by atoms with Crippen LogP contribution in [0, 0.1) is 5.92 Å². The van der Waals surface area contributed by atoms with Gasteiger partial charge in [0.1, 0.15) is 6.33 Å². The molecule has 0 radical (unpaired) electrons. The SMILES string of the molecule is Cn1cnnc1SCC(=O)Nc1cccc(C(=O)N2CCC(Cc3ccccc3)CC2)c1. The molecule has 7 nitrogen and oxygen atoms in total. The van der Waals surface area contributed by atoms with Gasteiger partial charge in [0.25, 0.3) is 5.91 Å². The van der Waals surface area contributed by atoms with Gasteiger partial charge in [0.2, 0.25) is 5.91 Å². The summed E-state index contributed by atoms with van der Waals surface area (Å²) in [6.07, 6.45) is 4.68. The predicted molar refractivity (Wildman–Crippen MR) is 126 cm³/mol. The molecule has 32 heavy (non-hydrogen) atoms. The van der Waals surface area contributed by atoms with Crippen LogP contribution < -0.4 is 5.32 Å². The van der Waals surface area contributed by atoms with Crippen LogP contribution in [0.4, 0.5) is 5.69 Å². The minimum atomic E-state index is -0.149. The van der Waals surface area contributed by atoms with Gasteiger partial charge in [0.15, 0.2) is 5.16 Å². The number of benzene rings is 2. The predicted octanol–water partition coefficient (Wildman–Crippen LogP) is 3.64. The van der Waals surface area contributed by atoms with Gasteiger partial charge in [0, 0.05) is 31.4 Å². The molecule has 0 spiro atoms. The molecule has 0 aliphatic carbocycles. The number of carbonyl (C=O) groups excluding carboxylic acids is 2. The molecular formula is C24H27N5O2S. The van der Waals surface area contributed by atoms with Gasteiger partial charge in [-0.25, -0.2) is 0 Å². The van der Waals surface area contributed by atoms with Crippen molar-refractivity contribution in [2.75, 3.05) is 24.2 Å². The van der Waals surface area contributed by atoms with Crippen molar-refractivity contribution >= 4 is 29.3 Å². The molecule has 1 fully saturated rings. The summed E-state index contributed by atoms with van der Waals surface area (Å²) >= 11 is 1.32. The molecule has 1 N–H and O–H groups in total. The highest BCUT2D eigenvalue weighted by Crippen LogP contribution is 2.23. The molecule has 4 rings (SSSR count). The minimum absolute atomic E-state index is 0.0210. The van der Waals surface area contributed by atoms with Crippen LogP contribution >= 0.6 is 11.8 Å². The number of likely N-dealkylation sites (tertiary alicyclic amines) is 1. The zero-order valence-corrected chi connectivity index (χ0v) is 18.9. The number of hydrogen-bond donors (Lipinski definition) is 1. The van der Waals surface area contributed by atoms with E-state index in [1.807, 2.05) is 24.1 Å². The summed E-state index contributed by atoms with van der Waals surface area (Å²) in [6.45, 7) is 1.53. The molecule has 0 saturated carbocycles. The van der Waals surface area contributed by atoms with Crippen LogP contribution in [0.5, 0.6) is 0 Å². The number of amides is 2. The Morgan fingerprint density at radius 1 is 1.09 bits per heavy atom. The topological polar surface area (TPSA) is 80.1 Å². The Morgan fingerprint density at radius 2 is 1.88 bits per heavy atom. The second kappa shape index (κ2) is 10.5. The summed E-state index contributed by atoms with van der Waals surface area (Å²) in [5.41, 5.74) is 2.58. The van der Waals surface area contributed by atoms with Gasteiger partial charge >= 0.3 is 0 Å². The molecule has 1 aromatic heterocycles. The van der Waals surface area contributed by atoms with E-state index in [1.54, 1.807) is 29.1 Å². The maximum atomic E-state index is 13.0. The third kappa shape index (κ3) is 5.76. The van der Waals surface area contributed by atoms with Gasteiger partial charge in [-0.2, -0.15) is 0 Å². The first-order valence-corrected chi connectivity index (χ1v) is 11.8. The van der Waals surface area contributed by atoms with E-state index in [1.165, 1.54) is 17.3 Å². The number of aromatic nitrogens is 3. The first-order valence-electron chi connectivity index (χ1n) is 10.8. The Kier molecular flexibility index (Phi) is 7.21. The van der Waals surface area contributed by atoms with E-state index in [9.17, 15) is 9.59 Å². The first-order chi connectivity index (χ1) is 15.6. The van der Waals surface area contributed by atoms with E-state index < -0.39 is 0 Å². The summed E-state index contributed by atoms with van der Waals surface area (Å²) in [6, 6.07) is 17.7. The third-order valence-corrected chi connectivity index (χ3v) is 6.70. The molecule has 1 aliphatic rings. The van der Waals surface area contributed by atoms with Gasteiger partial charge in [-0.3, -0.25) is 9.59 Å². The van der Waals surface area contributed by atoms with Gasteiger partial charge in [-0.15, -0.1) is 10.2 Å². The molecule has 2 aromatic carbocycles. The number of carbonyl (C=O) groups is 2. The smallest absolute Gasteiger partial charge is 0.253 e. The van der Waals surface area contributed by atoms with Crippen molar-refractivity contribution < 1.29 is 9.59 Å². The van der Waals surface area contributed by atoms with Crippen LogP contribution in [-0.2, 0) is 18.3 Å². The number of hydrogen-bond acceptors (Lipinski definition) is 5. The van der Waals surface area contributed by atoms with Crippen molar-refractivity contribution in [2.45, 2.75) is 24.4 Å². The molecule has 1 aliphatic heterocycles. The average molecular weight is 450 g/mol. The standard InChI is InChI=1S/C24H27N5O2S/c1-28-17-25-27-24(28)32-16-22(30)26-21-9-5-8-20(15-21)23(31)29-12-10-19(11-13-29)14-18-6-3-2-4-7-18/h2-9,15,17,19H,10-14,16H2,1H3,(H,26,30). The first kappa shape index (κ1) is 22.1. The van der Waals surface area contributed by atoms with E-state index in [0.29, 0.717) is 22.3 Å². The molecule has 1 saturated heterocycles. The van der Waals surface area contributed by atoms with E-state index >= 15 is 0 Å². The van der Waals surface area contributed by atoms with Crippen molar-refractivity contribution in [1.82, 2.24) is 19.7 Å². The monoisotopic (exact) mass is 449 g/mol. The van der Waals surface area contributed by atoms with Crippen LogP contribution in [0.3, 0.4) is 0 Å². The number of nitrogens with one attached hydrogen (secondary N) is 1. The lowest BCUT2D eigenvalue weighted by Crippen LogP contribution is -2.38. The zero-order valence-electron chi connectivity index (χ0n) is 18.1. The van der Waals surface area contributed by atoms with Crippen molar-refractivity contribution in [3.63, 3.8) is 0 Å². The van der Waals surface area contributed by atoms with Gasteiger partial charge in [-0.1, -0.05) is 48.2 Å². The summed E-state index contributed by atoms with van der Waals surface area (Å²) in [7, 11) is 1.83. The number of aryl methyl sites for hydroxylation is 1. The lowest BCUT2D eigenvalue weighted by molar-refractivity contribution is -0.113. The highest BCUT2D eigenvalue weighted by Gasteiger charge is 2.24. The third-order valence-electron chi connectivity index (χ3n) is 5.66. The second-order valence-corrected chi connectivity index (χ2v) is 9.01. The Hall–Kier alpha value is -3.13. The summed E-state index contributed by atoms with van der Waals surface area (Å²) in [5, 5.41) is 11.3. The second-order valence-electron chi connectivity index (χ2n) is 8.07. The maximum Gasteiger partial charge on any atom is 0.253 e. The van der Waals surface area contributed by atoms with Crippen molar-refractivity contribution in [3.8, 4) is 0 Å². The van der Waals surface area contributed by atoms with E-state index in [2.05, 4.69) is 39.8 Å². The molecule has 2 amide bonds. The van der Waals surface area contributed by atoms with Crippen LogP contribution in [0.15, 0.2) is 66.1 Å². The number of rotatable bonds is 7. The van der Waals surface area contributed by atoms with Crippen LogP contribution in [0.1, 0.15) is 28.8 Å². The van der Waals surface area contributed by atoms with Gasteiger partial charge < -0.3 is 14.8 Å². The lowest BCUT2D eigenvalue weighted by Gasteiger charge is -2.32. The fraction of sp³-hybridized carbons (Fsp3) is 0.333. The molecule has 3 aromatic rings. The largest absolute Gasteiger partial charge is 0.339 e. The lowest BCUT2D eigenvalue weighted by atomic mass is 9.90. The van der Waals surface area contributed by atoms with Crippen molar-refractivity contribution in [1.29, 1.82) is 0 Å². The van der Waals surface area contributed by atoms with Crippen molar-refractivity contribution in [2.24, 2.45) is 13.0 Å². The normalized spacial score (nSPS) is 14.3. The summed E-state index contributed by atoms with van der Waals surface area (Å²) in [4.78, 5) is 27.2. The van der Waals surface area contributed by atoms with Crippen molar-refractivity contribution in [3.05, 3.63) is 72.1 Å². The number of nitrogens with zero attached hydrogens (tertiary/aromatic N) is 4. The number of anilines is 1. The van der Waals surface area contributed by atoms with Gasteiger partial charge in [0.05, 0.1) is 5.75 Å². The Morgan fingerprint density at radius 3 is 2.59 bits per heavy atom. The summed E-state index contributed by atoms with van der Waals surface area (Å²) in [5.74, 6) is 0.704. The Bertz CT molecular complexity index is 1060. The number of thioether (sulfide) groups is 1. The average Bonchev–Trinajstić information content (AvgIpc) is 3.23. The summed E-state index contributed by atoms with van der Waals surface area (Å²) < 4.78 is 1.76. The Labute approximate surface area is 192 Å². The number of piperidine rings is 1. The van der Waals surface area contributed by atoms with Crippen LogP contribution in [-0.4, -0.2) is 50.3 Å². The van der Waals surface area contributed by atoms with Crippen LogP contribution in [0.25, 0.3) is 0 Å². The molecule has 2 heterocycles. The highest BCUT2D eigenvalue weighted by atomic mass is 32.2. The maximum absolute atomic E-state index is 13.0. The zero-order chi connectivity index (χ0) is 22.3. The fourth-order valence-electron chi connectivity index (χ4n) is 3.93. The van der Waals surface area contributed by atoms with Crippen LogP contribution in [0.2, 0.25) is 0 Å². The van der Waals surface area contributed by atoms with E-state index in [4.69, 9.17) is 0 Å². The Balaban J connectivity index is 1.28. The van der Waals surface area contributed by atoms with E-state index in [-0.39, 0.29) is 17.6 Å².